The highest BCUT2D eigenvalue weighted by atomic mass is 32.2. The maximum atomic E-state index is 11.4. The first-order chi connectivity index (χ1) is 8.29. The van der Waals surface area contributed by atoms with Crippen molar-refractivity contribution in [3.63, 3.8) is 0 Å². The molecule has 2 rings (SSSR count). The summed E-state index contributed by atoms with van der Waals surface area (Å²) in [5, 5.41) is 0.809. The molecular weight excluding hydrogens is 234 g/mol. The highest BCUT2D eigenvalue weighted by Gasteiger charge is 2.05. The third kappa shape index (κ3) is 3.10. The fourth-order valence-electron chi connectivity index (χ4n) is 1.25. The molecule has 4 nitrogen and oxygen atoms in total. The number of nitrogens with zero attached hydrogens (tertiary/aromatic N) is 3. The Morgan fingerprint density at radius 2 is 2.12 bits per heavy atom. The van der Waals surface area contributed by atoms with E-state index in [0.29, 0.717) is 12.1 Å². The van der Waals surface area contributed by atoms with Crippen molar-refractivity contribution in [3.05, 3.63) is 42.6 Å². The second-order valence-corrected chi connectivity index (χ2v) is 4.40. The van der Waals surface area contributed by atoms with Crippen LogP contribution in [-0.2, 0) is 0 Å². The van der Waals surface area contributed by atoms with Crippen LogP contribution in [0.1, 0.15) is 23.8 Å². The quantitative estimate of drug-likeness (QED) is 0.775. The van der Waals surface area contributed by atoms with Gasteiger partial charge in [0.25, 0.3) is 0 Å². The molecule has 86 valence electrons. The van der Waals surface area contributed by atoms with Crippen molar-refractivity contribution in [2.75, 3.05) is 0 Å². The molecule has 0 unspecified atom stereocenters. The Kier molecular flexibility index (Phi) is 3.82. The number of ketones is 1. The molecule has 2 aromatic rings. The van der Waals surface area contributed by atoms with Crippen LogP contribution in [0.3, 0.4) is 0 Å². The van der Waals surface area contributed by atoms with E-state index in [1.165, 1.54) is 11.8 Å². The highest BCUT2D eigenvalue weighted by molar-refractivity contribution is 7.99. The maximum Gasteiger partial charge on any atom is 0.180 e. The van der Waals surface area contributed by atoms with Gasteiger partial charge in [0.1, 0.15) is 10.7 Å². The third-order valence-corrected chi connectivity index (χ3v) is 3.00. The number of Topliss-reactive ketones (excluding diaryl/α,β-unsaturated/α-hetero) is 1. The predicted molar refractivity (Wildman–Crippen MR) is 65.0 cm³/mol. The van der Waals surface area contributed by atoms with E-state index in [9.17, 15) is 4.79 Å². The van der Waals surface area contributed by atoms with Crippen molar-refractivity contribution in [2.24, 2.45) is 0 Å². The first-order valence-electron chi connectivity index (χ1n) is 5.22. The summed E-state index contributed by atoms with van der Waals surface area (Å²) in [7, 11) is 0. The van der Waals surface area contributed by atoms with Gasteiger partial charge in [-0.1, -0.05) is 18.7 Å². The summed E-state index contributed by atoms with van der Waals surface area (Å²) in [4.78, 5) is 24.6. The highest BCUT2D eigenvalue weighted by Crippen LogP contribution is 2.24. The van der Waals surface area contributed by atoms with Gasteiger partial charge in [0.2, 0.25) is 0 Å². The summed E-state index contributed by atoms with van der Waals surface area (Å²) >= 11 is 1.47. The molecule has 0 saturated carbocycles. The summed E-state index contributed by atoms with van der Waals surface area (Å²) in [6, 6.07) is 3.61. The zero-order valence-corrected chi connectivity index (χ0v) is 10.1. The van der Waals surface area contributed by atoms with Crippen molar-refractivity contribution in [1.82, 2.24) is 15.0 Å². The van der Waals surface area contributed by atoms with Gasteiger partial charge in [0, 0.05) is 29.9 Å². The molecule has 0 spiro atoms. The van der Waals surface area contributed by atoms with Gasteiger partial charge in [0.05, 0.1) is 6.20 Å². The average Bonchev–Trinajstić information content (AvgIpc) is 2.40. The number of pyridine rings is 1. The number of hydrogen-bond acceptors (Lipinski definition) is 5. The number of hydrogen-bond donors (Lipinski definition) is 0. The topological polar surface area (TPSA) is 55.7 Å². The summed E-state index contributed by atoms with van der Waals surface area (Å²) in [5.41, 5.74) is 0.510. The Morgan fingerprint density at radius 3 is 2.71 bits per heavy atom. The fourth-order valence-corrected chi connectivity index (χ4v) is 1.96. The zero-order chi connectivity index (χ0) is 12.1. The second-order valence-electron chi connectivity index (χ2n) is 3.30. The molecule has 17 heavy (non-hydrogen) atoms. The Hall–Kier alpha value is -1.75. The van der Waals surface area contributed by atoms with Crippen molar-refractivity contribution in [2.45, 2.75) is 23.3 Å². The van der Waals surface area contributed by atoms with Crippen LogP contribution in [0.15, 0.2) is 46.8 Å². The van der Waals surface area contributed by atoms with Crippen LogP contribution in [0.2, 0.25) is 0 Å². The normalized spacial score (nSPS) is 10.2. The predicted octanol–water partition coefficient (Wildman–Crippen LogP) is 2.62. The van der Waals surface area contributed by atoms with Gasteiger partial charge in [-0.2, -0.15) is 0 Å². The van der Waals surface area contributed by atoms with E-state index < -0.39 is 0 Å². The van der Waals surface area contributed by atoms with Gasteiger partial charge in [-0.25, -0.2) is 4.98 Å². The average molecular weight is 245 g/mol. The van der Waals surface area contributed by atoms with Gasteiger partial charge >= 0.3 is 0 Å². The Balaban J connectivity index is 2.11. The fraction of sp³-hybridized carbons (Fsp3) is 0.167. The van der Waals surface area contributed by atoms with E-state index >= 15 is 0 Å². The van der Waals surface area contributed by atoms with Crippen LogP contribution in [0.25, 0.3) is 0 Å². The van der Waals surface area contributed by atoms with Crippen molar-refractivity contribution >= 4 is 17.5 Å². The molecule has 0 aliphatic rings. The van der Waals surface area contributed by atoms with E-state index in [2.05, 4.69) is 15.0 Å². The van der Waals surface area contributed by atoms with Gasteiger partial charge < -0.3 is 0 Å². The van der Waals surface area contributed by atoms with E-state index in [1.54, 1.807) is 30.9 Å². The van der Waals surface area contributed by atoms with Crippen molar-refractivity contribution in [1.29, 1.82) is 0 Å². The smallest absolute Gasteiger partial charge is 0.180 e. The lowest BCUT2D eigenvalue weighted by Gasteiger charge is -2.01. The SMILES string of the molecule is CCC(=O)c1ccc(Sc2cnccn2)cn1. The van der Waals surface area contributed by atoms with E-state index in [4.69, 9.17) is 0 Å². The van der Waals surface area contributed by atoms with E-state index in [0.717, 1.165) is 9.92 Å². The number of rotatable bonds is 4. The molecule has 2 aromatic heterocycles. The second kappa shape index (κ2) is 5.54. The third-order valence-electron chi connectivity index (χ3n) is 2.11. The minimum absolute atomic E-state index is 0.0565. The summed E-state index contributed by atoms with van der Waals surface area (Å²) < 4.78 is 0. The Morgan fingerprint density at radius 1 is 1.24 bits per heavy atom. The van der Waals surface area contributed by atoms with Crippen LogP contribution < -0.4 is 0 Å². The summed E-state index contributed by atoms with van der Waals surface area (Å²) in [6.07, 6.45) is 7.12. The molecule has 2 heterocycles. The lowest BCUT2D eigenvalue weighted by atomic mass is 10.2. The van der Waals surface area contributed by atoms with E-state index in [1.807, 2.05) is 13.0 Å². The largest absolute Gasteiger partial charge is 0.292 e. The molecule has 0 fully saturated rings. The molecule has 0 saturated heterocycles. The van der Waals surface area contributed by atoms with Crippen LogP contribution in [-0.4, -0.2) is 20.7 Å². The Labute approximate surface area is 104 Å². The maximum absolute atomic E-state index is 11.4. The van der Waals surface area contributed by atoms with E-state index in [-0.39, 0.29) is 5.78 Å². The molecule has 0 aliphatic heterocycles. The van der Waals surface area contributed by atoms with Gasteiger partial charge in [-0.05, 0) is 12.1 Å². The minimum atomic E-state index is 0.0565. The van der Waals surface area contributed by atoms with Crippen LogP contribution in [0.5, 0.6) is 0 Å². The van der Waals surface area contributed by atoms with Crippen LogP contribution in [0, 0.1) is 0 Å². The molecule has 0 amide bonds. The molecule has 0 aromatic carbocycles. The molecule has 0 atom stereocenters. The molecule has 0 aliphatic carbocycles. The molecule has 0 radical (unpaired) electrons. The van der Waals surface area contributed by atoms with Gasteiger partial charge in [-0.3, -0.25) is 14.8 Å². The minimum Gasteiger partial charge on any atom is -0.292 e. The summed E-state index contributed by atoms with van der Waals surface area (Å²) in [6.45, 7) is 1.83. The first kappa shape index (κ1) is 11.7. The lowest BCUT2D eigenvalue weighted by Crippen LogP contribution is -1.99. The van der Waals surface area contributed by atoms with Gasteiger partial charge in [-0.15, -0.1) is 0 Å². The number of carbonyl (C=O) groups is 1. The molecule has 0 bridgehead atoms. The first-order valence-corrected chi connectivity index (χ1v) is 6.04. The van der Waals surface area contributed by atoms with Crippen molar-refractivity contribution in [3.8, 4) is 0 Å². The van der Waals surface area contributed by atoms with Gasteiger partial charge in [0.15, 0.2) is 5.78 Å². The standard InChI is InChI=1S/C12H11N3OS/c1-2-11(16)10-4-3-9(7-15-10)17-12-8-13-5-6-14-12/h3-8H,2H2,1H3. The van der Waals surface area contributed by atoms with Crippen LogP contribution in [0.4, 0.5) is 0 Å². The Bertz CT molecular complexity index is 499. The lowest BCUT2D eigenvalue weighted by molar-refractivity contribution is 0.0983. The monoisotopic (exact) mass is 245 g/mol. The molecule has 5 heteroatoms. The van der Waals surface area contributed by atoms with Crippen LogP contribution >= 0.6 is 11.8 Å². The molecular formula is C12H11N3OS. The summed E-state index contributed by atoms with van der Waals surface area (Å²) in [5.74, 6) is 0.0565. The number of carbonyl (C=O) groups excluding carboxylic acids is 1. The molecule has 0 N–H and O–H groups in total. The number of aromatic nitrogens is 3. The zero-order valence-electron chi connectivity index (χ0n) is 9.33. The van der Waals surface area contributed by atoms with Crippen molar-refractivity contribution < 1.29 is 4.79 Å².